The maximum absolute atomic E-state index is 13.9. The highest BCUT2D eigenvalue weighted by atomic mass is 127. The Kier molecular flexibility index (Phi) is 4.78. The second kappa shape index (κ2) is 6.39. The third-order valence-corrected chi connectivity index (χ3v) is 3.69. The molecule has 0 spiro atoms. The summed E-state index contributed by atoms with van der Waals surface area (Å²) in [5, 5.41) is 11.5. The van der Waals surface area contributed by atoms with Gasteiger partial charge in [-0.2, -0.15) is 0 Å². The molecule has 0 atom stereocenters. The van der Waals surface area contributed by atoms with Gasteiger partial charge in [0.2, 0.25) is 0 Å². The number of nitrogens with zero attached hydrogens (tertiary/aromatic N) is 1. The number of hydrogen-bond donors (Lipinski definition) is 2. The van der Waals surface area contributed by atoms with Crippen molar-refractivity contribution in [2.45, 2.75) is 0 Å². The van der Waals surface area contributed by atoms with Gasteiger partial charge in [-0.3, -0.25) is 14.5 Å². The molecule has 0 aromatic heterocycles. The number of benzene rings is 1. The Balaban J connectivity index is 2.28. The van der Waals surface area contributed by atoms with Crippen molar-refractivity contribution in [3.05, 3.63) is 33.3 Å². The minimum Gasteiger partial charge on any atom is -0.492 e. The zero-order valence-electron chi connectivity index (χ0n) is 11.0. The van der Waals surface area contributed by atoms with Crippen molar-refractivity contribution >= 4 is 40.1 Å². The number of halogens is 2. The zero-order valence-corrected chi connectivity index (χ0v) is 13.2. The first kappa shape index (κ1) is 15.7. The van der Waals surface area contributed by atoms with Gasteiger partial charge in [0, 0.05) is 6.08 Å². The Bertz CT molecular complexity index is 633. The molecule has 112 valence electrons. The van der Waals surface area contributed by atoms with Gasteiger partial charge in [0.1, 0.15) is 5.70 Å². The summed E-state index contributed by atoms with van der Waals surface area (Å²) in [7, 11) is 1.31. The van der Waals surface area contributed by atoms with Crippen molar-refractivity contribution in [3.8, 4) is 5.75 Å². The van der Waals surface area contributed by atoms with Crippen LogP contribution in [0.4, 0.5) is 10.1 Å². The average molecular weight is 406 g/mol. The molecular formula is C13H12FIN2O4. The van der Waals surface area contributed by atoms with E-state index in [4.69, 9.17) is 9.84 Å². The van der Waals surface area contributed by atoms with E-state index in [1.54, 1.807) is 6.07 Å². The number of nitrogens with one attached hydrogen (secondary N) is 1. The number of ether oxygens (including phenoxy) is 1. The molecule has 1 aromatic carbocycles. The van der Waals surface area contributed by atoms with E-state index in [1.165, 1.54) is 13.2 Å². The van der Waals surface area contributed by atoms with Crippen LogP contribution in [-0.2, 0) is 9.59 Å². The minimum atomic E-state index is -0.574. The van der Waals surface area contributed by atoms with Gasteiger partial charge in [-0.05, 0) is 34.7 Å². The number of aliphatic hydroxyl groups excluding tert-OH is 1. The van der Waals surface area contributed by atoms with E-state index in [0.717, 1.165) is 11.0 Å². The Morgan fingerprint density at radius 2 is 2.14 bits per heavy atom. The molecule has 0 aliphatic carbocycles. The Hall–Kier alpha value is -1.68. The molecule has 8 heteroatoms. The lowest BCUT2D eigenvalue weighted by Crippen LogP contribution is -2.34. The van der Waals surface area contributed by atoms with Gasteiger partial charge in [-0.15, -0.1) is 0 Å². The number of amides is 2. The van der Waals surface area contributed by atoms with Gasteiger partial charge >= 0.3 is 0 Å². The van der Waals surface area contributed by atoms with Crippen molar-refractivity contribution in [2.75, 3.05) is 25.6 Å². The van der Waals surface area contributed by atoms with Crippen molar-refractivity contribution < 1.29 is 23.8 Å². The Morgan fingerprint density at radius 3 is 2.76 bits per heavy atom. The normalized spacial score (nSPS) is 14.5. The van der Waals surface area contributed by atoms with Crippen LogP contribution in [0.1, 0.15) is 0 Å². The third-order valence-electron chi connectivity index (χ3n) is 2.86. The second-order valence-corrected chi connectivity index (χ2v) is 5.31. The number of β-amino-alcohol motifs (C(OH)–C–C–N with tert-alkyl or cyclic N) is 1. The molecule has 0 saturated heterocycles. The Labute approximate surface area is 133 Å². The molecule has 0 fully saturated rings. The van der Waals surface area contributed by atoms with Crippen LogP contribution in [0.15, 0.2) is 23.9 Å². The molecule has 0 radical (unpaired) electrons. The molecule has 1 aromatic rings. The van der Waals surface area contributed by atoms with E-state index in [-0.39, 0.29) is 30.3 Å². The topological polar surface area (TPSA) is 78.9 Å². The lowest BCUT2D eigenvalue weighted by molar-refractivity contribution is -0.137. The van der Waals surface area contributed by atoms with Crippen LogP contribution in [0.5, 0.6) is 5.75 Å². The summed E-state index contributed by atoms with van der Waals surface area (Å²) in [5.74, 6) is -1.69. The van der Waals surface area contributed by atoms with Crippen LogP contribution in [0, 0.1) is 9.39 Å². The lowest BCUT2D eigenvalue weighted by atomic mass is 10.2. The van der Waals surface area contributed by atoms with E-state index >= 15 is 0 Å². The SMILES string of the molecule is COc1c(NC2=CC(=O)N(CCO)C2=O)ccc(I)c1F. The first-order valence-corrected chi connectivity index (χ1v) is 7.05. The molecule has 0 bridgehead atoms. The largest absolute Gasteiger partial charge is 0.492 e. The monoisotopic (exact) mass is 406 g/mol. The molecule has 2 N–H and O–H groups in total. The number of carbonyl (C=O) groups is 2. The van der Waals surface area contributed by atoms with E-state index in [1.807, 2.05) is 22.6 Å². The fraction of sp³-hybridized carbons (Fsp3) is 0.231. The highest BCUT2D eigenvalue weighted by Crippen LogP contribution is 2.32. The number of methoxy groups -OCH3 is 1. The second-order valence-electron chi connectivity index (χ2n) is 4.14. The van der Waals surface area contributed by atoms with E-state index in [0.29, 0.717) is 3.57 Å². The quantitative estimate of drug-likeness (QED) is 0.566. The molecule has 2 amide bonds. The summed E-state index contributed by atoms with van der Waals surface area (Å²) in [6.45, 7) is -0.405. The molecule has 0 unspecified atom stereocenters. The molecule has 2 rings (SSSR count). The maximum Gasteiger partial charge on any atom is 0.277 e. The first-order chi connectivity index (χ1) is 9.99. The molecular weight excluding hydrogens is 394 g/mol. The predicted octanol–water partition coefficient (Wildman–Crippen LogP) is 1.10. The summed E-state index contributed by atoms with van der Waals surface area (Å²) in [5.41, 5.74) is 0.251. The van der Waals surface area contributed by atoms with Gasteiger partial charge in [-0.1, -0.05) is 0 Å². The molecule has 21 heavy (non-hydrogen) atoms. The van der Waals surface area contributed by atoms with Crippen LogP contribution in [0.2, 0.25) is 0 Å². The number of rotatable bonds is 5. The van der Waals surface area contributed by atoms with Gasteiger partial charge in [0.15, 0.2) is 11.6 Å². The number of imide groups is 1. The summed E-state index contributed by atoms with van der Waals surface area (Å²) in [6.07, 6.45) is 1.10. The van der Waals surface area contributed by atoms with Crippen molar-refractivity contribution in [3.63, 3.8) is 0 Å². The zero-order chi connectivity index (χ0) is 15.6. The predicted molar refractivity (Wildman–Crippen MR) is 81.2 cm³/mol. The Morgan fingerprint density at radius 1 is 1.43 bits per heavy atom. The summed E-state index contributed by atoms with van der Waals surface area (Å²) < 4.78 is 19.3. The molecule has 1 heterocycles. The highest BCUT2D eigenvalue weighted by molar-refractivity contribution is 14.1. The summed E-state index contributed by atoms with van der Waals surface area (Å²) in [6, 6.07) is 3.07. The lowest BCUT2D eigenvalue weighted by Gasteiger charge is -2.15. The van der Waals surface area contributed by atoms with Gasteiger partial charge in [0.05, 0.1) is 29.5 Å². The number of hydrogen-bond acceptors (Lipinski definition) is 5. The third kappa shape index (κ3) is 3.00. The van der Waals surface area contributed by atoms with Crippen molar-refractivity contribution in [1.29, 1.82) is 0 Å². The van der Waals surface area contributed by atoms with Gasteiger partial charge < -0.3 is 15.2 Å². The van der Waals surface area contributed by atoms with Crippen LogP contribution in [0.3, 0.4) is 0 Å². The van der Waals surface area contributed by atoms with Crippen LogP contribution >= 0.6 is 22.6 Å². The minimum absolute atomic E-state index is 0.00681. The smallest absolute Gasteiger partial charge is 0.277 e. The highest BCUT2D eigenvalue weighted by Gasteiger charge is 2.31. The van der Waals surface area contributed by atoms with Crippen molar-refractivity contribution in [2.24, 2.45) is 0 Å². The van der Waals surface area contributed by atoms with Crippen LogP contribution < -0.4 is 10.1 Å². The molecule has 1 aliphatic rings. The van der Waals surface area contributed by atoms with Crippen LogP contribution in [0.25, 0.3) is 0 Å². The number of aliphatic hydroxyl groups is 1. The summed E-state index contributed by atoms with van der Waals surface area (Å²) >= 11 is 1.82. The molecule has 1 aliphatic heterocycles. The fourth-order valence-electron chi connectivity index (χ4n) is 1.89. The summed E-state index contributed by atoms with van der Waals surface area (Å²) in [4.78, 5) is 24.5. The maximum atomic E-state index is 13.9. The standard InChI is InChI=1S/C13H12FIN2O4/c1-21-12-8(3-2-7(15)11(12)14)16-9-6-10(19)17(4-5-18)13(9)20/h2-3,6,16,18H,4-5H2,1H3. The van der Waals surface area contributed by atoms with Gasteiger partial charge in [-0.25, -0.2) is 4.39 Å². The van der Waals surface area contributed by atoms with Crippen LogP contribution in [-0.4, -0.2) is 42.1 Å². The van der Waals surface area contributed by atoms with E-state index in [2.05, 4.69) is 5.32 Å². The van der Waals surface area contributed by atoms with Crippen molar-refractivity contribution in [1.82, 2.24) is 4.90 Å². The fourth-order valence-corrected chi connectivity index (χ4v) is 2.31. The average Bonchev–Trinajstić information content (AvgIpc) is 2.71. The number of anilines is 1. The molecule has 0 saturated carbocycles. The van der Waals surface area contributed by atoms with E-state index < -0.39 is 17.6 Å². The first-order valence-electron chi connectivity index (χ1n) is 5.97. The van der Waals surface area contributed by atoms with E-state index in [9.17, 15) is 14.0 Å². The molecule has 6 nitrogen and oxygen atoms in total. The number of carbonyl (C=O) groups excluding carboxylic acids is 2. The van der Waals surface area contributed by atoms with Gasteiger partial charge in [0.25, 0.3) is 11.8 Å².